The van der Waals surface area contributed by atoms with Crippen LogP contribution in [0.15, 0.2) is 60.8 Å². The molecular formula is C27H21F3N2O3. The van der Waals surface area contributed by atoms with Gasteiger partial charge in [0, 0.05) is 53.4 Å². The summed E-state index contributed by atoms with van der Waals surface area (Å²) in [6, 6.07) is 13.6. The van der Waals surface area contributed by atoms with Crippen LogP contribution in [0.2, 0.25) is 0 Å². The molecule has 0 saturated heterocycles. The first kappa shape index (κ1) is 22.9. The zero-order chi connectivity index (χ0) is 24.5. The largest absolute Gasteiger partial charge is 0.493 e. The molecule has 3 aromatic carbocycles. The molecule has 0 saturated carbocycles. The Morgan fingerprint density at radius 1 is 1.11 bits per heavy atom. The molecule has 0 aliphatic carbocycles. The normalized spacial score (nSPS) is 14.9. The number of para-hydroxylation sites is 2. The van der Waals surface area contributed by atoms with Crippen LogP contribution in [0.5, 0.6) is 5.75 Å². The summed E-state index contributed by atoms with van der Waals surface area (Å²) in [5.74, 6) is -2.98. The van der Waals surface area contributed by atoms with Gasteiger partial charge in [0.25, 0.3) is 5.91 Å². The molecule has 1 aliphatic rings. The number of pyridine rings is 1. The van der Waals surface area contributed by atoms with Crippen LogP contribution in [-0.2, 0) is 11.3 Å². The van der Waals surface area contributed by atoms with Gasteiger partial charge in [-0.2, -0.15) is 0 Å². The molecule has 2 heterocycles. The highest BCUT2D eigenvalue weighted by molar-refractivity contribution is 6.03. The van der Waals surface area contributed by atoms with Gasteiger partial charge in [-0.3, -0.25) is 9.78 Å². The van der Waals surface area contributed by atoms with Crippen molar-refractivity contribution in [2.45, 2.75) is 19.1 Å². The van der Waals surface area contributed by atoms with E-state index in [2.05, 4.69) is 10.3 Å². The molecule has 0 unspecified atom stereocenters. The fourth-order valence-corrected chi connectivity index (χ4v) is 4.47. The number of amides is 1. The lowest BCUT2D eigenvalue weighted by Crippen LogP contribution is -2.32. The van der Waals surface area contributed by atoms with Gasteiger partial charge in [-0.15, -0.1) is 0 Å². The van der Waals surface area contributed by atoms with Crippen LogP contribution in [-0.4, -0.2) is 24.6 Å². The van der Waals surface area contributed by atoms with E-state index >= 15 is 0 Å². The molecule has 0 spiro atoms. The summed E-state index contributed by atoms with van der Waals surface area (Å²) in [6.45, 7) is 0.553. The minimum absolute atomic E-state index is 0.0790. The fourth-order valence-electron chi connectivity index (χ4n) is 4.47. The fraction of sp³-hybridized carbons (Fsp3) is 0.185. The van der Waals surface area contributed by atoms with Gasteiger partial charge in [-0.25, -0.2) is 13.2 Å². The van der Waals surface area contributed by atoms with E-state index in [0.717, 1.165) is 17.4 Å². The molecule has 35 heavy (non-hydrogen) atoms. The van der Waals surface area contributed by atoms with Crippen molar-refractivity contribution in [3.05, 3.63) is 94.9 Å². The highest BCUT2D eigenvalue weighted by atomic mass is 19.2. The number of methoxy groups -OCH3 is 1. The molecular weight excluding hydrogens is 457 g/mol. The topological polar surface area (TPSA) is 60.5 Å². The van der Waals surface area contributed by atoms with Crippen molar-refractivity contribution >= 4 is 16.8 Å². The van der Waals surface area contributed by atoms with Crippen LogP contribution >= 0.6 is 0 Å². The molecule has 0 fully saturated rings. The summed E-state index contributed by atoms with van der Waals surface area (Å²) in [4.78, 5) is 17.8. The van der Waals surface area contributed by atoms with Crippen molar-refractivity contribution in [3.63, 3.8) is 0 Å². The van der Waals surface area contributed by atoms with Crippen molar-refractivity contribution in [2.75, 3.05) is 13.7 Å². The monoisotopic (exact) mass is 478 g/mol. The Bertz CT molecular complexity index is 1440. The first-order valence-corrected chi connectivity index (χ1v) is 11.0. The number of ether oxygens (including phenoxy) is 2. The highest BCUT2D eigenvalue weighted by Gasteiger charge is 2.25. The van der Waals surface area contributed by atoms with E-state index in [-0.39, 0.29) is 29.7 Å². The SMILES string of the molecule is COCc1c(C(=O)N[C@H]2CCOc3ccccc32)cnc2c(-c3cc(F)cc(F)c3F)cccc12. The van der Waals surface area contributed by atoms with Crippen LogP contribution in [0.1, 0.15) is 33.9 Å². The maximum Gasteiger partial charge on any atom is 0.253 e. The average molecular weight is 478 g/mol. The molecule has 5 rings (SSSR count). The second-order valence-electron chi connectivity index (χ2n) is 8.24. The molecule has 5 nitrogen and oxygen atoms in total. The average Bonchev–Trinajstić information content (AvgIpc) is 2.86. The number of hydrogen-bond donors (Lipinski definition) is 1. The van der Waals surface area contributed by atoms with Crippen LogP contribution in [0.3, 0.4) is 0 Å². The first-order valence-electron chi connectivity index (χ1n) is 11.0. The molecule has 0 radical (unpaired) electrons. The standard InChI is InChI=1S/C27H21F3N2O3/c1-34-14-21-17-7-4-6-16(19-11-15(28)12-22(29)25(19)30)26(17)31-13-20(21)27(33)32-23-9-10-35-24-8-3-2-5-18(23)24/h2-8,11-13,23H,9-10,14H2,1H3,(H,32,33)/t23-/m0/s1. The van der Waals surface area contributed by atoms with Crippen molar-refractivity contribution in [3.8, 4) is 16.9 Å². The number of aromatic nitrogens is 1. The predicted molar refractivity (Wildman–Crippen MR) is 125 cm³/mol. The Labute approximate surface area is 199 Å². The third kappa shape index (κ3) is 4.21. The lowest BCUT2D eigenvalue weighted by molar-refractivity contribution is 0.0920. The number of carbonyl (C=O) groups excluding carboxylic acids is 1. The van der Waals surface area contributed by atoms with Gasteiger partial charge in [-0.1, -0.05) is 36.4 Å². The first-order chi connectivity index (χ1) is 17.0. The molecule has 1 aromatic heterocycles. The highest BCUT2D eigenvalue weighted by Crippen LogP contribution is 2.35. The third-order valence-electron chi connectivity index (χ3n) is 6.09. The Balaban J connectivity index is 1.58. The maximum atomic E-state index is 14.6. The summed E-state index contributed by atoms with van der Waals surface area (Å²) < 4.78 is 53.4. The van der Waals surface area contributed by atoms with Crippen LogP contribution < -0.4 is 10.1 Å². The zero-order valence-electron chi connectivity index (χ0n) is 18.8. The van der Waals surface area contributed by atoms with Crippen molar-refractivity contribution in [2.24, 2.45) is 0 Å². The van der Waals surface area contributed by atoms with Gasteiger partial charge in [-0.05, 0) is 12.1 Å². The van der Waals surface area contributed by atoms with E-state index in [0.29, 0.717) is 41.1 Å². The Hall–Kier alpha value is -3.91. The summed E-state index contributed by atoms with van der Waals surface area (Å²) in [6.07, 6.45) is 1.99. The number of carbonyl (C=O) groups is 1. The molecule has 1 N–H and O–H groups in total. The summed E-state index contributed by atoms with van der Waals surface area (Å²) in [7, 11) is 1.49. The summed E-state index contributed by atoms with van der Waals surface area (Å²) >= 11 is 0. The van der Waals surface area contributed by atoms with Crippen molar-refractivity contribution in [1.82, 2.24) is 10.3 Å². The maximum absolute atomic E-state index is 14.6. The lowest BCUT2D eigenvalue weighted by atomic mass is 9.96. The van der Waals surface area contributed by atoms with E-state index in [9.17, 15) is 18.0 Å². The Morgan fingerprint density at radius 2 is 1.94 bits per heavy atom. The zero-order valence-corrected chi connectivity index (χ0v) is 18.8. The van der Waals surface area contributed by atoms with E-state index < -0.39 is 17.5 Å². The molecule has 1 aliphatic heterocycles. The van der Waals surface area contributed by atoms with E-state index in [1.54, 1.807) is 12.1 Å². The van der Waals surface area contributed by atoms with Crippen molar-refractivity contribution in [1.29, 1.82) is 0 Å². The van der Waals surface area contributed by atoms with Crippen LogP contribution in [0, 0.1) is 17.5 Å². The Morgan fingerprint density at radius 3 is 2.77 bits per heavy atom. The quantitative estimate of drug-likeness (QED) is 0.373. The number of halogens is 3. The van der Waals surface area contributed by atoms with Crippen LogP contribution in [0.25, 0.3) is 22.0 Å². The predicted octanol–water partition coefficient (Wildman–Crippen LogP) is 5.72. The molecule has 1 amide bonds. The minimum atomic E-state index is -1.29. The number of rotatable bonds is 5. The summed E-state index contributed by atoms with van der Waals surface area (Å²) in [5, 5.41) is 3.57. The molecule has 178 valence electrons. The smallest absolute Gasteiger partial charge is 0.253 e. The van der Waals surface area contributed by atoms with Gasteiger partial charge in [0.15, 0.2) is 11.6 Å². The number of nitrogens with one attached hydrogen (secondary N) is 1. The van der Waals surface area contributed by atoms with E-state index in [1.165, 1.54) is 19.4 Å². The van der Waals surface area contributed by atoms with Gasteiger partial charge in [0.2, 0.25) is 0 Å². The second kappa shape index (κ2) is 9.38. The van der Waals surface area contributed by atoms with Gasteiger partial charge >= 0.3 is 0 Å². The van der Waals surface area contributed by atoms with Crippen LogP contribution in [0.4, 0.5) is 13.2 Å². The second-order valence-corrected chi connectivity index (χ2v) is 8.24. The molecule has 1 atom stereocenters. The molecule has 4 aromatic rings. The molecule has 8 heteroatoms. The van der Waals surface area contributed by atoms with Gasteiger partial charge in [0.1, 0.15) is 11.6 Å². The van der Waals surface area contributed by atoms with E-state index in [4.69, 9.17) is 9.47 Å². The minimum Gasteiger partial charge on any atom is -0.493 e. The summed E-state index contributed by atoms with van der Waals surface area (Å²) in [5.41, 5.74) is 1.98. The molecule has 0 bridgehead atoms. The number of nitrogens with zero attached hydrogens (tertiary/aromatic N) is 1. The Kier molecular flexibility index (Phi) is 6.13. The van der Waals surface area contributed by atoms with Gasteiger partial charge < -0.3 is 14.8 Å². The number of benzene rings is 3. The van der Waals surface area contributed by atoms with Gasteiger partial charge in [0.05, 0.1) is 30.3 Å². The van der Waals surface area contributed by atoms with E-state index in [1.807, 2.05) is 24.3 Å². The van der Waals surface area contributed by atoms with Crippen molar-refractivity contribution < 1.29 is 27.4 Å². The number of hydrogen-bond acceptors (Lipinski definition) is 4. The third-order valence-corrected chi connectivity index (χ3v) is 6.09. The lowest BCUT2D eigenvalue weighted by Gasteiger charge is -2.27. The number of fused-ring (bicyclic) bond motifs is 2.